The number of carbonyl (C=O) groups is 3. The van der Waals surface area contributed by atoms with Gasteiger partial charge in [0.25, 0.3) is 0 Å². The lowest BCUT2D eigenvalue weighted by molar-refractivity contribution is -0.260. The Balaban J connectivity index is 2.11. The number of benzene rings is 1. The van der Waals surface area contributed by atoms with Crippen LogP contribution in [0.15, 0.2) is 47.1 Å². The highest BCUT2D eigenvalue weighted by Gasteiger charge is 2.28. The number of aromatic nitrogens is 1. The van der Waals surface area contributed by atoms with Gasteiger partial charge in [-0.1, -0.05) is 57.5 Å². The van der Waals surface area contributed by atoms with Gasteiger partial charge < -0.3 is 30.2 Å². The summed E-state index contributed by atoms with van der Waals surface area (Å²) in [7, 11) is 1.25. The summed E-state index contributed by atoms with van der Waals surface area (Å²) in [5.74, 6) is -0.907. The number of amides is 2. The maximum Gasteiger partial charge on any atom is 0.328 e. The Morgan fingerprint density at radius 3 is 2.52 bits per heavy atom. The highest BCUT2D eigenvalue weighted by Crippen LogP contribution is 2.19. The molecule has 2 aromatic rings. The van der Waals surface area contributed by atoms with Gasteiger partial charge in [0.05, 0.1) is 7.11 Å². The van der Waals surface area contributed by atoms with Crippen molar-refractivity contribution in [3.8, 4) is 0 Å². The van der Waals surface area contributed by atoms with Crippen LogP contribution < -0.4 is 15.7 Å². The molecule has 0 radical (unpaired) electrons. The smallest absolute Gasteiger partial charge is 0.328 e. The number of para-hydroxylation sites is 1. The number of nitrogens with one attached hydrogen (secondary N) is 3. The van der Waals surface area contributed by atoms with E-state index in [1.807, 2.05) is 31.2 Å². The molecular weight excluding hydrogens is 532 g/mol. The zero-order valence-corrected chi connectivity index (χ0v) is 25.1. The van der Waals surface area contributed by atoms with Crippen LogP contribution >= 0.6 is 11.8 Å². The zero-order chi connectivity index (χ0) is 29.9. The molecule has 10 nitrogen and oxygen atoms in total. The average Bonchev–Trinajstić information content (AvgIpc) is 3.30. The molecule has 0 spiro atoms. The molecule has 0 unspecified atom stereocenters. The van der Waals surface area contributed by atoms with Gasteiger partial charge in [-0.05, 0) is 31.9 Å². The SMILES string of the molecule is CC/C(C)=C/CSC[C@H](N=C([O-])OC(C)(C)C)C(=O)N[C@@H](C)C(=O)N[C@@H](Cc1c[nH]c2ccccc12)C(=O)OC. The third-order valence-electron chi connectivity index (χ3n) is 5.99. The van der Waals surface area contributed by atoms with E-state index in [-0.39, 0.29) is 12.2 Å². The fourth-order valence-electron chi connectivity index (χ4n) is 3.64. The van der Waals surface area contributed by atoms with Crippen molar-refractivity contribution >= 4 is 46.5 Å². The van der Waals surface area contributed by atoms with Crippen LogP contribution in [-0.4, -0.2) is 71.2 Å². The predicted octanol–water partition coefficient (Wildman–Crippen LogP) is 2.86. The third-order valence-corrected chi connectivity index (χ3v) is 6.95. The van der Waals surface area contributed by atoms with Gasteiger partial charge in [-0.15, -0.1) is 0 Å². The third kappa shape index (κ3) is 10.6. The number of ether oxygens (including phenoxy) is 2. The quantitative estimate of drug-likeness (QED) is 0.110. The van der Waals surface area contributed by atoms with Gasteiger partial charge in [0, 0.05) is 40.6 Å². The summed E-state index contributed by atoms with van der Waals surface area (Å²) in [4.78, 5) is 45.8. The summed E-state index contributed by atoms with van der Waals surface area (Å²) < 4.78 is 10.2. The molecule has 2 amide bonds. The Morgan fingerprint density at radius 1 is 1.18 bits per heavy atom. The number of aliphatic imine (C=N–C) groups is 1. The van der Waals surface area contributed by atoms with Crippen molar-refractivity contribution in [2.75, 3.05) is 18.6 Å². The van der Waals surface area contributed by atoms with Crippen molar-refractivity contribution in [1.82, 2.24) is 15.6 Å². The molecule has 2 rings (SSSR count). The van der Waals surface area contributed by atoms with Crippen LogP contribution in [0.2, 0.25) is 0 Å². The minimum Gasteiger partial charge on any atom is -0.595 e. The molecule has 220 valence electrons. The second kappa shape index (κ2) is 15.4. The Kier molecular flexibility index (Phi) is 12.6. The molecule has 40 heavy (non-hydrogen) atoms. The Labute approximate surface area is 240 Å². The van der Waals surface area contributed by atoms with E-state index in [1.54, 1.807) is 27.0 Å². The molecule has 0 saturated heterocycles. The number of esters is 1. The Hall–Kier alpha value is -3.47. The van der Waals surface area contributed by atoms with Crippen LogP contribution in [0.1, 0.15) is 53.5 Å². The number of H-pyrrole nitrogens is 1. The standard InChI is InChI=1S/C29H42N4O6S/c1-8-18(2)13-14-40-17-24(33-28(37)39-29(4,5)6)26(35)31-19(3)25(34)32-23(27(36)38-7)15-20-16-30-22-12-10-9-11-21(20)22/h9-13,16,19,23-24,30H,8,14-15,17H2,1-7H3,(H,31,35)(H,32,34)(H,33,37)/p-1/b18-13+/t19-,23-,24-/m0/s1. The number of hydrogen-bond acceptors (Lipinski definition) is 8. The number of hydrogen-bond donors (Lipinski definition) is 3. The monoisotopic (exact) mass is 573 g/mol. The summed E-state index contributed by atoms with van der Waals surface area (Å²) in [6.45, 7) is 10.7. The lowest BCUT2D eigenvalue weighted by Crippen LogP contribution is -2.53. The van der Waals surface area contributed by atoms with Gasteiger partial charge in [0.15, 0.2) is 0 Å². The van der Waals surface area contributed by atoms with Crippen LogP contribution in [0.4, 0.5) is 0 Å². The average molecular weight is 574 g/mol. The fourth-order valence-corrected chi connectivity index (χ4v) is 4.63. The molecule has 0 saturated carbocycles. The Morgan fingerprint density at radius 2 is 1.88 bits per heavy atom. The van der Waals surface area contributed by atoms with E-state index < -0.39 is 47.6 Å². The molecule has 0 bridgehead atoms. The minimum absolute atomic E-state index is 0.195. The van der Waals surface area contributed by atoms with Gasteiger partial charge in [0.2, 0.25) is 11.8 Å². The molecular formula is C29H41N4O6S-. The molecule has 3 N–H and O–H groups in total. The topological polar surface area (TPSA) is 145 Å². The highest BCUT2D eigenvalue weighted by molar-refractivity contribution is 7.99. The molecule has 1 aromatic heterocycles. The first-order chi connectivity index (χ1) is 18.8. The summed E-state index contributed by atoms with van der Waals surface area (Å²) in [5.41, 5.74) is 2.20. The first-order valence-electron chi connectivity index (χ1n) is 13.2. The van der Waals surface area contributed by atoms with E-state index in [9.17, 15) is 19.5 Å². The number of thioether (sulfide) groups is 1. The van der Waals surface area contributed by atoms with Crippen molar-refractivity contribution in [1.29, 1.82) is 0 Å². The van der Waals surface area contributed by atoms with Gasteiger partial charge >= 0.3 is 5.97 Å². The summed E-state index contributed by atoms with van der Waals surface area (Å²) in [5, 5.41) is 18.6. The predicted molar refractivity (Wildman–Crippen MR) is 157 cm³/mol. The molecule has 0 aliphatic heterocycles. The van der Waals surface area contributed by atoms with E-state index in [1.165, 1.54) is 31.4 Å². The second-order valence-electron chi connectivity index (χ2n) is 10.4. The van der Waals surface area contributed by atoms with Crippen LogP contribution in [0.3, 0.4) is 0 Å². The molecule has 0 fully saturated rings. The lowest BCUT2D eigenvalue weighted by Gasteiger charge is -2.30. The Bertz CT molecular complexity index is 1220. The molecule has 1 heterocycles. The number of fused-ring (bicyclic) bond motifs is 1. The number of rotatable bonds is 13. The highest BCUT2D eigenvalue weighted by atomic mass is 32.2. The maximum absolute atomic E-state index is 13.1. The summed E-state index contributed by atoms with van der Waals surface area (Å²) in [6, 6.07) is 4.59. The number of nitrogens with zero attached hydrogens (tertiary/aromatic N) is 1. The lowest BCUT2D eigenvalue weighted by atomic mass is 10.0. The van der Waals surface area contributed by atoms with Gasteiger partial charge in [-0.25, -0.2) is 4.79 Å². The van der Waals surface area contributed by atoms with Crippen molar-refractivity contribution < 1.29 is 29.0 Å². The number of carbonyl (C=O) groups excluding carboxylic acids is 3. The fraction of sp³-hybridized carbons (Fsp3) is 0.517. The largest absolute Gasteiger partial charge is 0.595 e. The van der Waals surface area contributed by atoms with Crippen molar-refractivity contribution in [2.45, 2.75) is 78.1 Å². The first-order valence-corrected chi connectivity index (χ1v) is 14.4. The molecule has 1 aromatic carbocycles. The number of allylic oxidation sites excluding steroid dienone is 1. The van der Waals surface area contributed by atoms with Gasteiger partial charge in [-0.3, -0.25) is 14.6 Å². The van der Waals surface area contributed by atoms with E-state index in [2.05, 4.69) is 33.6 Å². The van der Waals surface area contributed by atoms with Crippen molar-refractivity contribution in [2.24, 2.45) is 4.99 Å². The van der Waals surface area contributed by atoms with E-state index in [4.69, 9.17) is 9.47 Å². The number of aromatic amines is 1. The van der Waals surface area contributed by atoms with Crippen LogP contribution in [-0.2, 0) is 30.3 Å². The first kappa shape index (κ1) is 32.7. The molecule has 11 heteroatoms. The van der Waals surface area contributed by atoms with E-state index in [0.717, 1.165) is 22.9 Å². The van der Waals surface area contributed by atoms with Gasteiger partial charge in [-0.2, -0.15) is 11.8 Å². The second-order valence-corrected chi connectivity index (χ2v) is 11.5. The van der Waals surface area contributed by atoms with Crippen LogP contribution in [0.5, 0.6) is 0 Å². The van der Waals surface area contributed by atoms with E-state index >= 15 is 0 Å². The molecule has 0 aliphatic carbocycles. The zero-order valence-electron chi connectivity index (χ0n) is 24.3. The molecule has 3 atom stereocenters. The van der Waals surface area contributed by atoms with Crippen molar-refractivity contribution in [3.63, 3.8) is 0 Å². The summed E-state index contributed by atoms with van der Waals surface area (Å²) >= 11 is 1.45. The van der Waals surface area contributed by atoms with E-state index in [0.29, 0.717) is 5.75 Å². The van der Waals surface area contributed by atoms with Gasteiger partial charge in [0.1, 0.15) is 24.2 Å². The maximum atomic E-state index is 13.1. The normalized spacial score (nSPS) is 14.8. The van der Waals surface area contributed by atoms with Crippen molar-refractivity contribution in [3.05, 3.63) is 47.7 Å². The van der Waals surface area contributed by atoms with Crippen LogP contribution in [0, 0.1) is 0 Å². The van der Waals surface area contributed by atoms with Crippen LogP contribution in [0.25, 0.3) is 10.9 Å². The molecule has 0 aliphatic rings. The summed E-state index contributed by atoms with van der Waals surface area (Å²) in [6.07, 6.45) is 4.11. The minimum atomic E-state index is -1.06. The number of methoxy groups -OCH3 is 1.